The third-order valence-corrected chi connectivity index (χ3v) is 4.86. The first-order valence-electron chi connectivity index (χ1n) is 10.0. The number of alkyl halides is 3. The number of esters is 1. The molecule has 0 atom stereocenters. The van der Waals surface area contributed by atoms with Crippen molar-refractivity contribution in [2.45, 2.75) is 6.18 Å². The molecule has 0 amide bonds. The van der Waals surface area contributed by atoms with Crippen molar-refractivity contribution in [3.8, 4) is 23.0 Å². The highest BCUT2D eigenvalue weighted by Gasteiger charge is 2.40. The van der Waals surface area contributed by atoms with E-state index in [0.29, 0.717) is 0 Å². The zero-order valence-electron chi connectivity index (χ0n) is 18.2. The summed E-state index contributed by atoms with van der Waals surface area (Å²) in [4.78, 5) is 35.5. The molecule has 1 aromatic heterocycles. The summed E-state index contributed by atoms with van der Waals surface area (Å²) in [5, 5.41) is 10.6. The summed E-state index contributed by atoms with van der Waals surface area (Å²) in [7, 11) is 1.28. The van der Waals surface area contributed by atoms with Crippen LogP contribution in [0.3, 0.4) is 0 Å². The third-order valence-electron chi connectivity index (χ3n) is 4.86. The standard InChI is InChI=1S/C24H14F3NO8/c1-33-17-7-2-3-8-18(17)35-21-20(29)16-10-9-15(12-19(16)36-22(21)24(25,26)27)34-23(30)13-5-4-6-14(11-13)28(31)32/h2-12H,1H3. The average molecular weight is 501 g/mol. The Balaban J connectivity index is 1.75. The molecule has 0 fully saturated rings. The van der Waals surface area contributed by atoms with Crippen molar-refractivity contribution in [1.82, 2.24) is 0 Å². The predicted octanol–water partition coefficient (Wildman–Crippen LogP) is 5.74. The van der Waals surface area contributed by atoms with Gasteiger partial charge in [-0.25, -0.2) is 4.79 Å². The van der Waals surface area contributed by atoms with Crippen LogP contribution < -0.4 is 19.6 Å². The van der Waals surface area contributed by atoms with Gasteiger partial charge in [-0.1, -0.05) is 18.2 Å². The Hall–Kier alpha value is -4.87. The van der Waals surface area contributed by atoms with Gasteiger partial charge in [-0.3, -0.25) is 14.9 Å². The maximum atomic E-state index is 13.8. The maximum Gasteiger partial charge on any atom is 0.453 e. The molecule has 4 rings (SSSR count). The van der Waals surface area contributed by atoms with E-state index < -0.39 is 39.6 Å². The number of benzene rings is 3. The Morgan fingerprint density at radius 1 is 1.00 bits per heavy atom. The number of para-hydroxylation sites is 2. The van der Waals surface area contributed by atoms with Crippen LogP contribution in [0.4, 0.5) is 18.9 Å². The van der Waals surface area contributed by atoms with Crippen molar-refractivity contribution >= 4 is 22.6 Å². The van der Waals surface area contributed by atoms with Crippen LogP contribution in [0.2, 0.25) is 0 Å². The lowest BCUT2D eigenvalue weighted by Gasteiger charge is -2.15. The Morgan fingerprint density at radius 2 is 1.72 bits per heavy atom. The summed E-state index contributed by atoms with van der Waals surface area (Å²) < 4.78 is 61.8. The van der Waals surface area contributed by atoms with Gasteiger partial charge < -0.3 is 18.6 Å². The highest BCUT2D eigenvalue weighted by molar-refractivity contribution is 5.92. The van der Waals surface area contributed by atoms with Crippen molar-refractivity contribution in [3.63, 3.8) is 0 Å². The number of nitro groups is 1. The normalized spacial score (nSPS) is 11.2. The molecule has 36 heavy (non-hydrogen) atoms. The number of carbonyl (C=O) groups excluding carboxylic acids is 1. The van der Waals surface area contributed by atoms with Crippen LogP contribution in [0.1, 0.15) is 16.1 Å². The Labute approximate surface area is 199 Å². The van der Waals surface area contributed by atoms with Crippen LogP contribution >= 0.6 is 0 Å². The number of fused-ring (bicyclic) bond motifs is 1. The summed E-state index contributed by atoms with van der Waals surface area (Å²) in [5.74, 6) is -4.11. The number of rotatable bonds is 6. The lowest BCUT2D eigenvalue weighted by atomic mass is 10.2. The van der Waals surface area contributed by atoms with E-state index in [2.05, 4.69) is 0 Å². The van der Waals surface area contributed by atoms with Gasteiger partial charge in [-0.15, -0.1) is 0 Å². The van der Waals surface area contributed by atoms with E-state index >= 15 is 0 Å². The summed E-state index contributed by atoms with van der Waals surface area (Å²) in [6.45, 7) is 0. The van der Waals surface area contributed by atoms with Crippen LogP contribution in [0, 0.1) is 10.1 Å². The number of non-ortho nitro benzene ring substituents is 1. The Kier molecular flexibility index (Phi) is 6.34. The first kappa shape index (κ1) is 24.3. The Morgan fingerprint density at radius 3 is 2.39 bits per heavy atom. The minimum Gasteiger partial charge on any atom is -0.493 e. The highest BCUT2D eigenvalue weighted by atomic mass is 19.4. The van der Waals surface area contributed by atoms with Gasteiger partial charge in [0, 0.05) is 18.2 Å². The average Bonchev–Trinajstić information content (AvgIpc) is 2.85. The van der Waals surface area contributed by atoms with Crippen LogP contribution in [0.25, 0.3) is 11.0 Å². The van der Waals surface area contributed by atoms with Gasteiger partial charge >= 0.3 is 12.1 Å². The number of methoxy groups -OCH3 is 1. The van der Waals surface area contributed by atoms with E-state index in [0.717, 1.165) is 24.3 Å². The number of hydrogen-bond acceptors (Lipinski definition) is 8. The second-order valence-electron chi connectivity index (χ2n) is 7.20. The summed E-state index contributed by atoms with van der Waals surface area (Å²) in [6, 6.07) is 13.7. The second kappa shape index (κ2) is 9.41. The monoisotopic (exact) mass is 501 g/mol. The zero-order valence-corrected chi connectivity index (χ0v) is 18.2. The molecule has 0 aliphatic carbocycles. The minimum absolute atomic E-state index is 0.0912. The van der Waals surface area contributed by atoms with Crippen LogP contribution in [-0.2, 0) is 6.18 Å². The number of hydrogen-bond donors (Lipinski definition) is 0. The molecule has 0 aliphatic heterocycles. The van der Waals surface area contributed by atoms with Crippen molar-refractivity contribution in [3.05, 3.63) is 98.4 Å². The van der Waals surface area contributed by atoms with Gasteiger partial charge in [0.05, 0.1) is 23.0 Å². The van der Waals surface area contributed by atoms with Gasteiger partial charge in [0.15, 0.2) is 11.5 Å². The largest absolute Gasteiger partial charge is 0.493 e. The number of carbonyl (C=O) groups is 1. The molecule has 4 aromatic rings. The summed E-state index contributed by atoms with van der Waals surface area (Å²) >= 11 is 0. The van der Waals surface area contributed by atoms with Crippen molar-refractivity contribution in [2.75, 3.05) is 7.11 Å². The van der Waals surface area contributed by atoms with E-state index in [-0.39, 0.29) is 33.9 Å². The van der Waals surface area contributed by atoms with E-state index in [4.69, 9.17) is 18.6 Å². The van der Waals surface area contributed by atoms with Crippen molar-refractivity contribution in [2.24, 2.45) is 0 Å². The third kappa shape index (κ3) is 4.82. The molecular weight excluding hydrogens is 487 g/mol. The molecule has 0 saturated heterocycles. The summed E-state index contributed by atoms with van der Waals surface area (Å²) in [6.07, 6.45) is -5.11. The van der Waals surface area contributed by atoms with Crippen LogP contribution in [0.5, 0.6) is 23.0 Å². The van der Waals surface area contributed by atoms with Crippen molar-refractivity contribution in [1.29, 1.82) is 0 Å². The maximum absolute atomic E-state index is 13.8. The molecule has 12 heteroatoms. The number of nitro benzene ring substituents is 1. The number of nitrogens with zero attached hydrogens (tertiary/aromatic N) is 1. The van der Waals surface area contributed by atoms with Crippen LogP contribution in [0.15, 0.2) is 75.9 Å². The molecule has 0 aliphatic rings. The molecule has 0 spiro atoms. The molecule has 0 radical (unpaired) electrons. The fourth-order valence-electron chi connectivity index (χ4n) is 3.22. The van der Waals surface area contributed by atoms with E-state index in [1.807, 2.05) is 0 Å². The molecule has 1 heterocycles. The zero-order chi connectivity index (χ0) is 26.0. The second-order valence-corrected chi connectivity index (χ2v) is 7.20. The van der Waals surface area contributed by atoms with Gasteiger partial charge in [-0.05, 0) is 30.3 Å². The first-order valence-corrected chi connectivity index (χ1v) is 10.0. The van der Waals surface area contributed by atoms with E-state index in [1.165, 1.54) is 43.5 Å². The van der Waals surface area contributed by atoms with Crippen LogP contribution in [-0.4, -0.2) is 18.0 Å². The summed E-state index contributed by atoms with van der Waals surface area (Å²) in [5.41, 5.74) is -2.16. The molecule has 9 nitrogen and oxygen atoms in total. The smallest absolute Gasteiger partial charge is 0.453 e. The number of halogens is 3. The molecule has 184 valence electrons. The van der Waals surface area contributed by atoms with E-state index in [1.54, 1.807) is 6.07 Å². The minimum atomic E-state index is -5.11. The molecule has 3 aromatic carbocycles. The van der Waals surface area contributed by atoms with Crippen molar-refractivity contribution < 1.29 is 41.5 Å². The Bertz CT molecular complexity index is 1540. The molecule has 0 N–H and O–H groups in total. The highest BCUT2D eigenvalue weighted by Crippen LogP contribution is 2.40. The topological polar surface area (TPSA) is 118 Å². The fourth-order valence-corrected chi connectivity index (χ4v) is 3.22. The predicted molar refractivity (Wildman–Crippen MR) is 119 cm³/mol. The number of ether oxygens (including phenoxy) is 3. The quantitative estimate of drug-likeness (QED) is 0.142. The lowest BCUT2D eigenvalue weighted by Crippen LogP contribution is -2.16. The molecular formula is C24H14F3NO8. The van der Waals surface area contributed by atoms with E-state index in [9.17, 15) is 32.9 Å². The molecule has 0 unspecified atom stereocenters. The van der Waals surface area contributed by atoms with Gasteiger partial charge in [0.2, 0.25) is 11.2 Å². The lowest BCUT2D eigenvalue weighted by molar-refractivity contribution is -0.384. The first-order chi connectivity index (χ1) is 17.1. The van der Waals surface area contributed by atoms with Gasteiger partial charge in [-0.2, -0.15) is 13.2 Å². The fraction of sp³-hybridized carbons (Fsp3) is 0.0833. The van der Waals surface area contributed by atoms with Gasteiger partial charge in [0.25, 0.3) is 11.4 Å². The molecule has 0 bridgehead atoms. The molecule has 0 saturated carbocycles. The van der Waals surface area contributed by atoms with Gasteiger partial charge in [0.1, 0.15) is 11.3 Å². The SMILES string of the molecule is COc1ccccc1Oc1c(C(F)(F)F)oc2cc(OC(=O)c3cccc([N+](=O)[O-])c3)ccc2c1=O.